The van der Waals surface area contributed by atoms with Crippen LogP contribution in [0.2, 0.25) is 0 Å². The van der Waals surface area contributed by atoms with E-state index >= 15 is 0 Å². The maximum absolute atomic E-state index is 5.74. The predicted octanol–water partition coefficient (Wildman–Crippen LogP) is 1.15. The molecule has 0 saturated carbocycles. The van der Waals surface area contributed by atoms with E-state index < -0.39 is 0 Å². The number of aromatic nitrogens is 2. The Hall–Kier alpha value is -0.870. The van der Waals surface area contributed by atoms with Gasteiger partial charge in [-0.15, -0.1) is 0 Å². The SMILES string of the molecule is Cc1nn(C)cc1CN(C)CC(C)(C)CN. The van der Waals surface area contributed by atoms with Crippen LogP contribution in [0, 0.1) is 12.3 Å². The predicted molar refractivity (Wildman–Crippen MR) is 67.1 cm³/mol. The van der Waals surface area contributed by atoms with Crippen molar-refractivity contribution in [2.75, 3.05) is 20.1 Å². The van der Waals surface area contributed by atoms with E-state index in [0.29, 0.717) is 6.54 Å². The molecule has 2 N–H and O–H groups in total. The molecule has 0 saturated heterocycles. The van der Waals surface area contributed by atoms with Crippen LogP contribution in [0.5, 0.6) is 0 Å². The molecule has 0 aliphatic carbocycles. The van der Waals surface area contributed by atoms with E-state index in [2.05, 4.69) is 44.0 Å². The minimum Gasteiger partial charge on any atom is -0.330 e. The zero-order chi connectivity index (χ0) is 12.3. The molecule has 0 spiro atoms. The van der Waals surface area contributed by atoms with Crippen molar-refractivity contribution in [3.63, 3.8) is 0 Å². The molecule has 1 aromatic heterocycles. The average Bonchev–Trinajstić information content (AvgIpc) is 2.44. The Kier molecular flexibility index (Phi) is 4.10. The van der Waals surface area contributed by atoms with Crippen LogP contribution in [0.3, 0.4) is 0 Å². The molecule has 1 rings (SSSR count). The van der Waals surface area contributed by atoms with Crippen molar-refractivity contribution in [1.29, 1.82) is 0 Å². The van der Waals surface area contributed by atoms with Crippen molar-refractivity contribution in [2.24, 2.45) is 18.2 Å². The molecule has 0 fully saturated rings. The van der Waals surface area contributed by atoms with Crippen LogP contribution in [-0.4, -0.2) is 34.8 Å². The van der Waals surface area contributed by atoms with E-state index in [1.165, 1.54) is 5.56 Å². The van der Waals surface area contributed by atoms with E-state index in [1.54, 1.807) is 0 Å². The Balaban J connectivity index is 2.58. The van der Waals surface area contributed by atoms with E-state index in [4.69, 9.17) is 5.73 Å². The van der Waals surface area contributed by atoms with Gasteiger partial charge in [0.25, 0.3) is 0 Å². The van der Waals surface area contributed by atoms with Gasteiger partial charge in [-0.25, -0.2) is 0 Å². The third-order valence-electron chi connectivity index (χ3n) is 2.81. The molecule has 4 heteroatoms. The summed E-state index contributed by atoms with van der Waals surface area (Å²) in [5, 5.41) is 4.35. The van der Waals surface area contributed by atoms with Crippen molar-refractivity contribution in [1.82, 2.24) is 14.7 Å². The molecule has 1 heterocycles. The summed E-state index contributed by atoms with van der Waals surface area (Å²) in [6, 6.07) is 0. The molecule has 92 valence electrons. The van der Waals surface area contributed by atoms with Crippen LogP contribution >= 0.6 is 0 Å². The van der Waals surface area contributed by atoms with Gasteiger partial charge in [0.1, 0.15) is 0 Å². The lowest BCUT2D eigenvalue weighted by Crippen LogP contribution is -2.36. The topological polar surface area (TPSA) is 47.1 Å². The van der Waals surface area contributed by atoms with Gasteiger partial charge in [0.05, 0.1) is 5.69 Å². The Morgan fingerprint density at radius 1 is 1.50 bits per heavy atom. The Bertz CT molecular complexity index is 341. The van der Waals surface area contributed by atoms with Gasteiger partial charge in [-0.2, -0.15) is 5.10 Å². The highest BCUT2D eigenvalue weighted by Crippen LogP contribution is 2.16. The fraction of sp³-hybridized carbons (Fsp3) is 0.750. The maximum Gasteiger partial charge on any atom is 0.0638 e. The van der Waals surface area contributed by atoms with E-state index in [1.807, 2.05) is 11.7 Å². The van der Waals surface area contributed by atoms with E-state index in [-0.39, 0.29) is 5.41 Å². The summed E-state index contributed by atoms with van der Waals surface area (Å²) < 4.78 is 1.87. The van der Waals surface area contributed by atoms with Gasteiger partial charge in [0.2, 0.25) is 0 Å². The molecule has 0 aliphatic heterocycles. The number of hydrogen-bond donors (Lipinski definition) is 1. The van der Waals surface area contributed by atoms with Crippen LogP contribution in [0.15, 0.2) is 6.20 Å². The Labute approximate surface area is 98.4 Å². The minimum absolute atomic E-state index is 0.171. The minimum atomic E-state index is 0.171. The number of rotatable bonds is 5. The van der Waals surface area contributed by atoms with Crippen molar-refractivity contribution < 1.29 is 0 Å². The van der Waals surface area contributed by atoms with Gasteiger partial charge in [0, 0.05) is 31.9 Å². The highest BCUT2D eigenvalue weighted by Gasteiger charge is 2.18. The van der Waals surface area contributed by atoms with Gasteiger partial charge < -0.3 is 10.6 Å². The smallest absolute Gasteiger partial charge is 0.0638 e. The van der Waals surface area contributed by atoms with Crippen LogP contribution in [-0.2, 0) is 13.6 Å². The van der Waals surface area contributed by atoms with Crippen LogP contribution in [0.4, 0.5) is 0 Å². The standard InChI is InChI=1S/C12H24N4/c1-10-11(7-16(5)14-10)6-15(4)9-12(2,3)8-13/h7H,6,8-9,13H2,1-5H3. The number of nitrogens with two attached hydrogens (primary N) is 1. The van der Waals surface area contributed by atoms with E-state index in [0.717, 1.165) is 18.8 Å². The Morgan fingerprint density at radius 2 is 2.12 bits per heavy atom. The van der Waals surface area contributed by atoms with Gasteiger partial charge >= 0.3 is 0 Å². The average molecular weight is 224 g/mol. The second-order valence-electron chi connectivity index (χ2n) is 5.45. The zero-order valence-electron chi connectivity index (χ0n) is 11.1. The summed E-state index contributed by atoms with van der Waals surface area (Å²) in [5.41, 5.74) is 8.31. The largest absolute Gasteiger partial charge is 0.330 e. The third kappa shape index (κ3) is 3.61. The molecule has 0 atom stereocenters. The lowest BCUT2D eigenvalue weighted by atomic mass is 9.93. The molecule has 16 heavy (non-hydrogen) atoms. The second kappa shape index (κ2) is 4.97. The fourth-order valence-electron chi connectivity index (χ4n) is 1.95. The van der Waals surface area contributed by atoms with Crippen LogP contribution < -0.4 is 5.73 Å². The lowest BCUT2D eigenvalue weighted by molar-refractivity contribution is 0.209. The molecule has 0 unspecified atom stereocenters. The van der Waals surface area contributed by atoms with Crippen molar-refractivity contribution in [2.45, 2.75) is 27.3 Å². The molecular weight excluding hydrogens is 200 g/mol. The first-order chi connectivity index (χ1) is 7.34. The summed E-state index contributed by atoms with van der Waals surface area (Å²) in [7, 11) is 4.09. The fourth-order valence-corrected chi connectivity index (χ4v) is 1.95. The normalized spacial score (nSPS) is 12.4. The van der Waals surface area contributed by atoms with Gasteiger partial charge in [-0.3, -0.25) is 4.68 Å². The van der Waals surface area contributed by atoms with Gasteiger partial charge in [0.15, 0.2) is 0 Å². The van der Waals surface area contributed by atoms with Crippen LogP contribution in [0.25, 0.3) is 0 Å². The number of hydrogen-bond acceptors (Lipinski definition) is 3. The van der Waals surface area contributed by atoms with Crippen molar-refractivity contribution in [3.05, 3.63) is 17.5 Å². The summed E-state index contributed by atoms with van der Waals surface area (Å²) in [6.45, 7) is 9.08. The van der Waals surface area contributed by atoms with Gasteiger partial charge in [-0.1, -0.05) is 13.8 Å². The number of nitrogens with zero attached hydrogens (tertiary/aromatic N) is 3. The lowest BCUT2D eigenvalue weighted by Gasteiger charge is -2.28. The van der Waals surface area contributed by atoms with Gasteiger partial charge in [-0.05, 0) is 25.9 Å². The second-order valence-corrected chi connectivity index (χ2v) is 5.45. The Morgan fingerprint density at radius 3 is 2.56 bits per heavy atom. The van der Waals surface area contributed by atoms with Crippen LogP contribution in [0.1, 0.15) is 25.1 Å². The van der Waals surface area contributed by atoms with Crippen molar-refractivity contribution in [3.8, 4) is 0 Å². The molecule has 0 aromatic carbocycles. The first-order valence-electron chi connectivity index (χ1n) is 5.72. The van der Waals surface area contributed by atoms with E-state index in [9.17, 15) is 0 Å². The molecular formula is C12H24N4. The summed E-state index contributed by atoms with van der Waals surface area (Å²) in [6.07, 6.45) is 2.08. The maximum atomic E-state index is 5.74. The van der Waals surface area contributed by atoms with Crippen molar-refractivity contribution >= 4 is 0 Å². The third-order valence-corrected chi connectivity index (χ3v) is 2.81. The monoisotopic (exact) mass is 224 g/mol. The summed E-state index contributed by atoms with van der Waals surface area (Å²) >= 11 is 0. The summed E-state index contributed by atoms with van der Waals surface area (Å²) in [4.78, 5) is 2.30. The zero-order valence-corrected chi connectivity index (χ0v) is 11.1. The molecule has 0 aliphatic rings. The highest BCUT2D eigenvalue weighted by atomic mass is 15.3. The summed E-state index contributed by atoms with van der Waals surface area (Å²) in [5.74, 6) is 0. The molecule has 0 amide bonds. The molecule has 4 nitrogen and oxygen atoms in total. The first kappa shape index (κ1) is 13.2. The molecule has 0 bridgehead atoms. The first-order valence-corrected chi connectivity index (χ1v) is 5.72. The number of aryl methyl sites for hydroxylation is 2. The quantitative estimate of drug-likeness (QED) is 0.816. The molecule has 1 aromatic rings. The molecule has 0 radical (unpaired) electrons. The highest BCUT2D eigenvalue weighted by molar-refractivity contribution is 5.14.